The van der Waals surface area contributed by atoms with Crippen molar-refractivity contribution in [3.8, 4) is 0 Å². The number of nitrogens with two attached hydrogens (primary N) is 1. The first-order chi connectivity index (χ1) is 9.25. The molecule has 0 aliphatic heterocycles. The summed E-state index contributed by atoms with van der Waals surface area (Å²) in [6.07, 6.45) is 1.57. The van der Waals surface area contributed by atoms with Crippen LogP contribution in [0.2, 0.25) is 0 Å². The van der Waals surface area contributed by atoms with Gasteiger partial charge in [-0.2, -0.15) is 16.4 Å². The van der Waals surface area contributed by atoms with Gasteiger partial charge >= 0.3 is 0 Å². The number of fused-ring (bicyclic) bond motifs is 1. The standard InChI is InChI=1S/C12H10N4OS2/c13-9-8-1-3-15-16-12(8)19-10(9)11(17)14-5-7-2-4-18-6-7/h1-4,6H,5,13H2,(H,14,17). The SMILES string of the molecule is Nc1c(C(=O)NCc2ccsc2)sc2nnccc12. The van der Waals surface area contributed by atoms with Crippen molar-refractivity contribution in [3.63, 3.8) is 0 Å². The molecule has 3 N–H and O–H groups in total. The summed E-state index contributed by atoms with van der Waals surface area (Å²) >= 11 is 2.86. The van der Waals surface area contributed by atoms with Crippen molar-refractivity contribution in [2.24, 2.45) is 0 Å². The fourth-order valence-electron chi connectivity index (χ4n) is 1.70. The average Bonchev–Trinajstić information content (AvgIpc) is 3.05. The van der Waals surface area contributed by atoms with Gasteiger partial charge in [0.15, 0.2) is 0 Å². The maximum Gasteiger partial charge on any atom is 0.263 e. The third-order valence-corrected chi connectivity index (χ3v) is 4.50. The van der Waals surface area contributed by atoms with Crippen molar-refractivity contribution >= 4 is 44.5 Å². The van der Waals surface area contributed by atoms with Crippen LogP contribution in [0.5, 0.6) is 0 Å². The Morgan fingerprint density at radius 1 is 1.42 bits per heavy atom. The minimum atomic E-state index is -0.174. The molecular weight excluding hydrogens is 280 g/mol. The van der Waals surface area contributed by atoms with Gasteiger partial charge in [0, 0.05) is 11.9 Å². The number of nitrogen functional groups attached to an aromatic ring is 1. The van der Waals surface area contributed by atoms with E-state index in [9.17, 15) is 4.79 Å². The number of hydrogen-bond donors (Lipinski definition) is 2. The van der Waals surface area contributed by atoms with Gasteiger partial charge in [0.1, 0.15) is 9.71 Å². The van der Waals surface area contributed by atoms with E-state index in [1.54, 1.807) is 23.6 Å². The average molecular weight is 290 g/mol. The molecule has 3 aromatic heterocycles. The Morgan fingerprint density at radius 3 is 3.05 bits per heavy atom. The summed E-state index contributed by atoms with van der Waals surface area (Å²) in [5.74, 6) is -0.174. The van der Waals surface area contributed by atoms with Crippen molar-refractivity contribution in [1.29, 1.82) is 0 Å². The molecule has 0 saturated heterocycles. The van der Waals surface area contributed by atoms with E-state index in [0.717, 1.165) is 10.9 Å². The molecule has 1 amide bonds. The van der Waals surface area contributed by atoms with Gasteiger partial charge in [-0.1, -0.05) is 0 Å². The van der Waals surface area contributed by atoms with Gasteiger partial charge in [0.25, 0.3) is 5.91 Å². The van der Waals surface area contributed by atoms with E-state index in [4.69, 9.17) is 5.73 Å². The van der Waals surface area contributed by atoms with E-state index < -0.39 is 0 Å². The van der Waals surface area contributed by atoms with Crippen LogP contribution in [0.4, 0.5) is 5.69 Å². The van der Waals surface area contributed by atoms with Gasteiger partial charge in [-0.15, -0.1) is 16.4 Å². The lowest BCUT2D eigenvalue weighted by atomic mass is 10.2. The summed E-state index contributed by atoms with van der Waals surface area (Å²) in [4.78, 5) is 13.3. The second-order valence-electron chi connectivity index (χ2n) is 3.91. The molecule has 0 unspecified atom stereocenters. The molecule has 0 aliphatic rings. The zero-order valence-corrected chi connectivity index (χ0v) is 11.4. The van der Waals surface area contributed by atoms with Crippen molar-refractivity contribution in [2.45, 2.75) is 6.54 Å². The molecule has 3 heterocycles. The molecule has 0 radical (unpaired) electrons. The van der Waals surface area contributed by atoms with E-state index in [1.165, 1.54) is 11.3 Å². The molecule has 0 spiro atoms. The maximum atomic E-state index is 12.1. The van der Waals surface area contributed by atoms with E-state index in [-0.39, 0.29) is 5.91 Å². The fraction of sp³-hybridized carbons (Fsp3) is 0.0833. The highest BCUT2D eigenvalue weighted by atomic mass is 32.1. The summed E-state index contributed by atoms with van der Waals surface area (Å²) in [6.45, 7) is 0.502. The topological polar surface area (TPSA) is 80.9 Å². The van der Waals surface area contributed by atoms with Gasteiger partial charge in [-0.3, -0.25) is 4.79 Å². The van der Waals surface area contributed by atoms with Gasteiger partial charge in [-0.05, 0) is 28.5 Å². The Labute approximate surface area is 117 Å². The largest absolute Gasteiger partial charge is 0.397 e. The second kappa shape index (κ2) is 4.94. The Bertz CT molecular complexity index is 720. The van der Waals surface area contributed by atoms with Gasteiger partial charge < -0.3 is 11.1 Å². The summed E-state index contributed by atoms with van der Waals surface area (Å²) in [6, 6.07) is 3.74. The number of anilines is 1. The van der Waals surface area contributed by atoms with E-state index in [2.05, 4.69) is 15.5 Å². The highest BCUT2D eigenvalue weighted by molar-refractivity contribution is 7.21. The molecule has 3 rings (SSSR count). The number of carbonyl (C=O) groups excluding carboxylic acids is 1. The maximum absolute atomic E-state index is 12.1. The molecule has 7 heteroatoms. The van der Waals surface area contributed by atoms with Crippen LogP contribution in [0, 0.1) is 0 Å². The highest BCUT2D eigenvalue weighted by Gasteiger charge is 2.16. The Morgan fingerprint density at radius 2 is 2.32 bits per heavy atom. The molecule has 96 valence electrons. The van der Waals surface area contributed by atoms with Crippen molar-refractivity contribution in [2.75, 3.05) is 5.73 Å². The Balaban J connectivity index is 1.83. The molecule has 0 aliphatic carbocycles. The molecule has 0 fully saturated rings. The summed E-state index contributed by atoms with van der Waals surface area (Å²) in [5.41, 5.74) is 7.52. The molecule has 0 aromatic carbocycles. The van der Waals surface area contributed by atoms with E-state index in [0.29, 0.717) is 21.9 Å². The zero-order chi connectivity index (χ0) is 13.2. The lowest BCUT2D eigenvalue weighted by molar-refractivity contribution is 0.0956. The number of amides is 1. The van der Waals surface area contributed by atoms with Gasteiger partial charge in [-0.25, -0.2) is 0 Å². The first-order valence-corrected chi connectivity index (χ1v) is 7.30. The minimum absolute atomic E-state index is 0.174. The minimum Gasteiger partial charge on any atom is -0.397 e. The molecule has 19 heavy (non-hydrogen) atoms. The number of rotatable bonds is 3. The third kappa shape index (κ3) is 2.29. The smallest absolute Gasteiger partial charge is 0.263 e. The van der Waals surface area contributed by atoms with Crippen LogP contribution in [0.1, 0.15) is 15.2 Å². The lowest BCUT2D eigenvalue weighted by Gasteiger charge is -2.02. The summed E-state index contributed by atoms with van der Waals surface area (Å²) in [7, 11) is 0. The van der Waals surface area contributed by atoms with E-state index in [1.807, 2.05) is 16.8 Å². The normalized spacial score (nSPS) is 10.7. The number of aromatic nitrogens is 2. The van der Waals surface area contributed by atoms with Crippen LogP contribution in [-0.4, -0.2) is 16.1 Å². The highest BCUT2D eigenvalue weighted by Crippen LogP contribution is 2.31. The third-order valence-electron chi connectivity index (χ3n) is 2.66. The van der Waals surface area contributed by atoms with Crippen LogP contribution in [0.15, 0.2) is 29.1 Å². The lowest BCUT2D eigenvalue weighted by Crippen LogP contribution is -2.22. The first kappa shape index (κ1) is 12.1. The number of thiophene rings is 2. The van der Waals surface area contributed by atoms with E-state index >= 15 is 0 Å². The Hall–Kier alpha value is -1.99. The van der Waals surface area contributed by atoms with Crippen LogP contribution < -0.4 is 11.1 Å². The summed E-state index contributed by atoms with van der Waals surface area (Å²) < 4.78 is 0. The van der Waals surface area contributed by atoms with Gasteiger partial charge in [0.2, 0.25) is 0 Å². The van der Waals surface area contributed by atoms with Crippen LogP contribution in [-0.2, 0) is 6.54 Å². The number of carbonyl (C=O) groups is 1. The number of hydrogen-bond acceptors (Lipinski definition) is 6. The molecule has 5 nitrogen and oxygen atoms in total. The van der Waals surface area contributed by atoms with Crippen LogP contribution in [0.3, 0.4) is 0 Å². The van der Waals surface area contributed by atoms with Crippen LogP contribution >= 0.6 is 22.7 Å². The zero-order valence-electron chi connectivity index (χ0n) is 9.79. The molecule has 3 aromatic rings. The van der Waals surface area contributed by atoms with Crippen LogP contribution in [0.25, 0.3) is 10.2 Å². The first-order valence-electron chi connectivity index (χ1n) is 5.54. The predicted molar refractivity (Wildman–Crippen MR) is 77.3 cm³/mol. The van der Waals surface area contributed by atoms with Crippen molar-refractivity contribution in [1.82, 2.24) is 15.5 Å². The quantitative estimate of drug-likeness (QED) is 0.775. The molecular formula is C12H10N4OS2. The summed E-state index contributed by atoms with van der Waals surface area (Å²) in [5, 5.41) is 15.4. The van der Waals surface area contributed by atoms with Crippen molar-refractivity contribution in [3.05, 3.63) is 39.5 Å². The Kier molecular flexibility index (Phi) is 3.14. The molecule has 0 saturated carbocycles. The second-order valence-corrected chi connectivity index (χ2v) is 5.69. The fourth-order valence-corrected chi connectivity index (χ4v) is 3.32. The number of nitrogens with one attached hydrogen (secondary N) is 1. The van der Waals surface area contributed by atoms with Gasteiger partial charge in [0.05, 0.1) is 11.9 Å². The molecule has 0 bridgehead atoms. The van der Waals surface area contributed by atoms with Crippen molar-refractivity contribution < 1.29 is 4.79 Å². The predicted octanol–water partition coefficient (Wildman–Crippen LogP) is 2.27. The molecule has 0 atom stereocenters. The number of nitrogens with zero attached hydrogens (tertiary/aromatic N) is 2. The monoisotopic (exact) mass is 290 g/mol.